The molecule has 108 valence electrons. The molecule has 0 amide bonds. The second-order valence-electron chi connectivity index (χ2n) is 4.85. The zero-order valence-corrected chi connectivity index (χ0v) is 12.3. The lowest BCUT2D eigenvalue weighted by molar-refractivity contribution is 0.242. The minimum atomic E-state index is -3.32. The molecule has 1 aliphatic rings. The molecular formula is C11H21N5O2S. The zero-order chi connectivity index (χ0) is 13.9. The summed E-state index contributed by atoms with van der Waals surface area (Å²) in [5.74, 6) is 0.740. The first-order chi connectivity index (χ1) is 9.00. The van der Waals surface area contributed by atoms with E-state index in [1.807, 2.05) is 0 Å². The Hall–Kier alpha value is -0.990. The Morgan fingerprint density at radius 2 is 1.95 bits per heavy atom. The van der Waals surface area contributed by atoms with E-state index in [2.05, 4.69) is 20.4 Å². The number of aromatic nitrogens is 3. The molecule has 0 radical (unpaired) electrons. The van der Waals surface area contributed by atoms with E-state index in [0.717, 1.165) is 32.7 Å². The summed E-state index contributed by atoms with van der Waals surface area (Å²) in [6.45, 7) is 6.50. The molecular weight excluding hydrogens is 266 g/mol. The Kier molecular flexibility index (Phi) is 4.54. The fraction of sp³-hybridized carbons (Fsp3) is 0.818. The lowest BCUT2D eigenvalue weighted by Gasteiger charge is -2.26. The van der Waals surface area contributed by atoms with Crippen LogP contribution in [0.25, 0.3) is 0 Å². The maximum atomic E-state index is 12.2. The van der Waals surface area contributed by atoms with Crippen LogP contribution in [0.2, 0.25) is 0 Å². The Morgan fingerprint density at radius 3 is 2.53 bits per heavy atom. The average molecular weight is 287 g/mol. The minimum absolute atomic E-state index is 0.0744. The summed E-state index contributed by atoms with van der Waals surface area (Å²) < 4.78 is 25.8. The van der Waals surface area contributed by atoms with Crippen molar-refractivity contribution in [1.29, 1.82) is 0 Å². The molecule has 0 saturated carbocycles. The van der Waals surface area contributed by atoms with Crippen molar-refractivity contribution in [3.8, 4) is 0 Å². The quantitative estimate of drug-likeness (QED) is 0.763. The summed E-state index contributed by atoms with van der Waals surface area (Å²) >= 11 is 0. The molecule has 0 aliphatic carbocycles. The number of aryl methyl sites for hydroxylation is 1. The molecule has 1 aromatic heterocycles. The third-order valence-corrected chi connectivity index (χ3v) is 5.17. The first kappa shape index (κ1) is 14.4. The maximum Gasteiger partial charge on any atom is 0.249 e. The van der Waals surface area contributed by atoms with Crippen molar-refractivity contribution < 1.29 is 8.42 Å². The van der Waals surface area contributed by atoms with Gasteiger partial charge in [-0.1, -0.05) is 0 Å². The van der Waals surface area contributed by atoms with Crippen LogP contribution in [0, 0.1) is 6.92 Å². The van der Waals surface area contributed by atoms with Crippen molar-refractivity contribution in [3.63, 3.8) is 0 Å². The van der Waals surface area contributed by atoms with Crippen molar-refractivity contribution in [2.45, 2.75) is 18.5 Å². The first-order valence-electron chi connectivity index (χ1n) is 6.52. The topological polar surface area (TPSA) is 80.1 Å². The van der Waals surface area contributed by atoms with E-state index in [4.69, 9.17) is 0 Å². The van der Waals surface area contributed by atoms with Crippen LogP contribution in [0.3, 0.4) is 0 Å². The summed E-state index contributed by atoms with van der Waals surface area (Å²) in [6.07, 6.45) is 0.633. The Labute approximate surface area is 113 Å². The maximum absolute atomic E-state index is 12.2. The van der Waals surface area contributed by atoms with Gasteiger partial charge in [-0.15, -0.1) is 10.2 Å². The number of nitrogens with zero attached hydrogens (tertiary/aromatic N) is 4. The van der Waals surface area contributed by atoms with Gasteiger partial charge in [0.15, 0.2) is 0 Å². The van der Waals surface area contributed by atoms with E-state index < -0.39 is 9.84 Å². The van der Waals surface area contributed by atoms with Crippen LogP contribution in [0.5, 0.6) is 0 Å². The summed E-state index contributed by atoms with van der Waals surface area (Å²) in [7, 11) is -1.64. The van der Waals surface area contributed by atoms with Crippen LogP contribution >= 0.6 is 0 Å². The van der Waals surface area contributed by atoms with Gasteiger partial charge in [0.2, 0.25) is 15.0 Å². The molecule has 1 fully saturated rings. The number of sulfone groups is 1. The summed E-state index contributed by atoms with van der Waals surface area (Å²) in [5, 5.41) is 10.9. The van der Waals surface area contributed by atoms with Crippen molar-refractivity contribution >= 4 is 9.84 Å². The standard InChI is InChI=1S/C11H21N5O2S/c1-10-13-14-11(15(10)2)19(17,18)9-3-6-16-7-4-12-5-8-16/h12H,3-9H2,1-2H3. The van der Waals surface area contributed by atoms with Crippen LogP contribution in [0.4, 0.5) is 0 Å². The largest absolute Gasteiger partial charge is 0.314 e. The smallest absolute Gasteiger partial charge is 0.249 e. The van der Waals surface area contributed by atoms with Crippen LogP contribution in [-0.2, 0) is 16.9 Å². The van der Waals surface area contributed by atoms with Gasteiger partial charge >= 0.3 is 0 Å². The van der Waals surface area contributed by atoms with Gasteiger partial charge < -0.3 is 14.8 Å². The second kappa shape index (κ2) is 5.98. The zero-order valence-electron chi connectivity index (χ0n) is 11.5. The Morgan fingerprint density at radius 1 is 1.26 bits per heavy atom. The molecule has 2 heterocycles. The van der Waals surface area contributed by atoms with E-state index in [0.29, 0.717) is 12.2 Å². The summed E-state index contributed by atoms with van der Waals surface area (Å²) in [4.78, 5) is 2.29. The minimum Gasteiger partial charge on any atom is -0.314 e. The molecule has 19 heavy (non-hydrogen) atoms. The molecule has 0 aromatic carbocycles. The SMILES string of the molecule is Cc1nnc(S(=O)(=O)CCCN2CCNCC2)n1C. The van der Waals surface area contributed by atoms with Crippen molar-refractivity contribution in [3.05, 3.63) is 5.82 Å². The normalized spacial score (nSPS) is 17.8. The van der Waals surface area contributed by atoms with Gasteiger partial charge in [0.25, 0.3) is 0 Å². The fourth-order valence-corrected chi connectivity index (χ4v) is 3.57. The lowest BCUT2D eigenvalue weighted by Crippen LogP contribution is -2.44. The highest BCUT2D eigenvalue weighted by atomic mass is 32.2. The number of hydrogen-bond donors (Lipinski definition) is 1. The van der Waals surface area contributed by atoms with Crippen molar-refractivity contribution in [2.75, 3.05) is 38.5 Å². The Balaban J connectivity index is 1.89. The number of hydrogen-bond acceptors (Lipinski definition) is 6. The second-order valence-corrected chi connectivity index (χ2v) is 6.86. The van der Waals surface area contributed by atoms with Crippen molar-refractivity contribution in [2.24, 2.45) is 7.05 Å². The van der Waals surface area contributed by atoms with Gasteiger partial charge in [0, 0.05) is 33.2 Å². The van der Waals surface area contributed by atoms with E-state index in [1.165, 1.54) is 4.57 Å². The molecule has 0 atom stereocenters. The average Bonchev–Trinajstić information content (AvgIpc) is 2.72. The molecule has 2 rings (SSSR count). The molecule has 1 N–H and O–H groups in total. The van der Waals surface area contributed by atoms with E-state index in [9.17, 15) is 8.42 Å². The fourth-order valence-electron chi connectivity index (χ4n) is 2.16. The Bertz CT molecular complexity index is 519. The lowest BCUT2D eigenvalue weighted by atomic mass is 10.3. The molecule has 7 nitrogen and oxygen atoms in total. The molecule has 1 aromatic rings. The molecule has 8 heteroatoms. The van der Waals surface area contributed by atoms with E-state index in [1.54, 1.807) is 14.0 Å². The number of piperazine rings is 1. The van der Waals surface area contributed by atoms with Crippen LogP contribution in [0.15, 0.2) is 5.16 Å². The highest BCUT2D eigenvalue weighted by Crippen LogP contribution is 2.10. The first-order valence-corrected chi connectivity index (χ1v) is 8.18. The highest BCUT2D eigenvalue weighted by Gasteiger charge is 2.22. The van der Waals surface area contributed by atoms with Gasteiger partial charge in [0.1, 0.15) is 5.82 Å². The van der Waals surface area contributed by atoms with E-state index in [-0.39, 0.29) is 10.9 Å². The van der Waals surface area contributed by atoms with Gasteiger partial charge in [-0.05, 0) is 19.9 Å². The van der Waals surface area contributed by atoms with Crippen LogP contribution in [0.1, 0.15) is 12.2 Å². The monoisotopic (exact) mass is 287 g/mol. The molecule has 1 aliphatic heterocycles. The number of rotatable bonds is 5. The van der Waals surface area contributed by atoms with Gasteiger partial charge in [-0.25, -0.2) is 8.42 Å². The molecule has 0 unspecified atom stereocenters. The van der Waals surface area contributed by atoms with E-state index >= 15 is 0 Å². The highest BCUT2D eigenvalue weighted by molar-refractivity contribution is 7.91. The number of nitrogens with one attached hydrogen (secondary N) is 1. The predicted octanol–water partition coefficient (Wildman–Crippen LogP) is -0.807. The molecule has 0 spiro atoms. The predicted molar refractivity (Wildman–Crippen MR) is 71.7 cm³/mol. The van der Waals surface area contributed by atoms with Crippen molar-refractivity contribution in [1.82, 2.24) is 25.0 Å². The van der Waals surface area contributed by atoms with Crippen LogP contribution in [-0.4, -0.2) is 66.6 Å². The van der Waals surface area contributed by atoms with Gasteiger partial charge in [0.05, 0.1) is 5.75 Å². The molecule has 1 saturated heterocycles. The van der Waals surface area contributed by atoms with Gasteiger partial charge in [-0.2, -0.15) is 0 Å². The van der Waals surface area contributed by atoms with Crippen LogP contribution < -0.4 is 5.32 Å². The summed E-state index contributed by atoms with van der Waals surface area (Å²) in [6, 6.07) is 0. The molecule has 0 bridgehead atoms. The third kappa shape index (κ3) is 3.52. The summed E-state index contributed by atoms with van der Waals surface area (Å²) in [5.41, 5.74) is 0. The van der Waals surface area contributed by atoms with Gasteiger partial charge in [-0.3, -0.25) is 0 Å². The third-order valence-electron chi connectivity index (χ3n) is 3.43.